The normalized spacial score (nSPS) is 12.2. The van der Waals surface area contributed by atoms with Gasteiger partial charge < -0.3 is 5.11 Å². The van der Waals surface area contributed by atoms with E-state index in [9.17, 15) is 4.79 Å². The van der Waals surface area contributed by atoms with Crippen LogP contribution in [0.3, 0.4) is 0 Å². The maximum Gasteiger partial charge on any atom is 0.328 e. The Morgan fingerprint density at radius 2 is 2.06 bits per heavy atom. The van der Waals surface area contributed by atoms with Crippen LogP contribution in [0.4, 0.5) is 0 Å². The van der Waals surface area contributed by atoms with E-state index in [0.717, 1.165) is 12.0 Å². The van der Waals surface area contributed by atoms with Crippen molar-refractivity contribution in [1.82, 2.24) is 9.78 Å². The number of nitrogens with zero attached hydrogens (tertiary/aromatic N) is 2. The quantitative estimate of drug-likeness (QED) is 0.856. The van der Waals surface area contributed by atoms with Crippen LogP contribution < -0.4 is 0 Å². The smallest absolute Gasteiger partial charge is 0.328 e. The van der Waals surface area contributed by atoms with Crippen LogP contribution in [0.25, 0.3) is 0 Å². The highest BCUT2D eigenvalue weighted by atomic mass is 16.4. The summed E-state index contributed by atoms with van der Waals surface area (Å²) < 4.78 is 1.49. The lowest BCUT2D eigenvalue weighted by Gasteiger charge is -2.12. The number of benzene rings is 1. The molecule has 1 N–H and O–H groups in total. The second kappa shape index (κ2) is 5.30. The fraction of sp³-hybridized carbons (Fsp3) is 0.231. The zero-order chi connectivity index (χ0) is 12.1. The molecular weight excluding hydrogens is 216 g/mol. The van der Waals surface area contributed by atoms with E-state index in [1.807, 2.05) is 30.3 Å². The third kappa shape index (κ3) is 2.93. The van der Waals surface area contributed by atoms with Gasteiger partial charge in [-0.05, 0) is 24.5 Å². The van der Waals surface area contributed by atoms with Crippen LogP contribution in [0.15, 0.2) is 48.8 Å². The molecular formula is C13H14N2O2. The van der Waals surface area contributed by atoms with Crippen molar-refractivity contribution in [2.24, 2.45) is 0 Å². The minimum atomic E-state index is -0.843. The first kappa shape index (κ1) is 11.4. The van der Waals surface area contributed by atoms with E-state index in [-0.39, 0.29) is 0 Å². The Morgan fingerprint density at radius 1 is 1.29 bits per heavy atom. The molecule has 0 bridgehead atoms. The van der Waals surface area contributed by atoms with E-state index in [4.69, 9.17) is 5.11 Å². The first-order valence-electron chi connectivity index (χ1n) is 5.53. The molecule has 17 heavy (non-hydrogen) atoms. The van der Waals surface area contributed by atoms with Gasteiger partial charge in [-0.15, -0.1) is 0 Å². The Hall–Kier alpha value is -2.10. The van der Waals surface area contributed by atoms with Crippen LogP contribution in [-0.4, -0.2) is 20.9 Å². The largest absolute Gasteiger partial charge is 0.480 e. The average molecular weight is 230 g/mol. The van der Waals surface area contributed by atoms with Gasteiger partial charge >= 0.3 is 5.97 Å². The van der Waals surface area contributed by atoms with Crippen molar-refractivity contribution in [3.8, 4) is 0 Å². The van der Waals surface area contributed by atoms with Crippen molar-refractivity contribution in [2.75, 3.05) is 0 Å². The third-order valence-corrected chi connectivity index (χ3v) is 2.68. The molecule has 0 amide bonds. The first-order valence-corrected chi connectivity index (χ1v) is 5.53. The van der Waals surface area contributed by atoms with Gasteiger partial charge in [0.15, 0.2) is 0 Å². The molecule has 1 aromatic carbocycles. The summed E-state index contributed by atoms with van der Waals surface area (Å²) in [6.45, 7) is 0. The maximum absolute atomic E-state index is 11.2. The number of carbonyl (C=O) groups is 1. The van der Waals surface area contributed by atoms with E-state index < -0.39 is 12.0 Å². The molecule has 0 aliphatic carbocycles. The van der Waals surface area contributed by atoms with Gasteiger partial charge in [-0.2, -0.15) is 5.10 Å². The van der Waals surface area contributed by atoms with Gasteiger partial charge in [0.25, 0.3) is 0 Å². The van der Waals surface area contributed by atoms with Gasteiger partial charge in [0, 0.05) is 12.4 Å². The predicted molar refractivity (Wildman–Crippen MR) is 63.7 cm³/mol. The molecule has 4 heteroatoms. The summed E-state index contributed by atoms with van der Waals surface area (Å²) in [6, 6.07) is 11.0. The first-order chi connectivity index (χ1) is 8.27. The zero-order valence-corrected chi connectivity index (χ0v) is 9.36. The number of aromatic nitrogens is 2. The molecule has 1 aromatic heterocycles. The van der Waals surface area contributed by atoms with Crippen molar-refractivity contribution in [1.29, 1.82) is 0 Å². The van der Waals surface area contributed by atoms with Crippen molar-refractivity contribution in [3.05, 3.63) is 54.4 Å². The standard InChI is InChI=1S/C13H14N2O2/c16-13(17)12(15-10-4-9-14-15)8-7-11-5-2-1-3-6-11/h1-6,9-10,12H,7-8H2,(H,16,17). The van der Waals surface area contributed by atoms with Crippen LogP contribution in [0.2, 0.25) is 0 Å². The minimum absolute atomic E-state index is 0.543. The van der Waals surface area contributed by atoms with Crippen LogP contribution in [0.5, 0.6) is 0 Å². The van der Waals surface area contributed by atoms with Crippen LogP contribution in [0.1, 0.15) is 18.0 Å². The molecule has 0 radical (unpaired) electrons. The molecule has 0 spiro atoms. The van der Waals surface area contributed by atoms with Gasteiger partial charge in [-0.25, -0.2) is 4.79 Å². The Kier molecular flexibility index (Phi) is 3.55. The molecule has 1 unspecified atom stereocenters. The minimum Gasteiger partial charge on any atom is -0.480 e. The number of hydrogen-bond donors (Lipinski definition) is 1. The highest BCUT2D eigenvalue weighted by molar-refractivity contribution is 5.71. The van der Waals surface area contributed by atoms with Crippen molar-refractivity contribution in [2.45, 2.75) is 18.9 Å². The zero-order valence-electron chi connectivity index (χ0n) is 9.36. The summed E-state index contributed by atoms with van der Waals surface area (Å²) in [4.78, 5) is 11.2. The summed E-state index contributed by atoms with van der Waals surface area (Å²) >= 11 is 0. The highest BCUT2D eigenvalue weighted by Crippen LogP contribution is 2.14. The Labute approximate surface area is 99.5 Å². The number of aliphatic carboxylic acids is 1. The van der Waals surface area contributed by atoms with Gasteiger partial charge in [-0.3, -0.25) is 4.68 Å². The fourth-order valence-corrected chi connectivity index (χ4v) is 1.78. The molecule has 0 fully saturated rings. The number of hydrogen-bond acceptors (Lipinski definition) is 2. The van der Waals surface area contributed by atoms with Crippen LogP contribution >= 0.6 is 0 Å². The van der Waals surface area contributed by atoms with Crippen LogP contribution in [0, 0.1) is 0 Å². The Bertz CT molecular complexity index is 465. The van der Waals surface area contributed by atoms with Crippen molar-refractivity contribution >= 4 is 5.97 Å². The molecule has 0 saturated heterocycles. The number of rotatable bonds is 5. The van der Waals surface area contributed by atoms with E-state index >= 15 is 0 Å². The van der Waals surface area contributed by atoms with E-state index in [0.29, 0.717) is 6.42 Å². The van der Waals surface area contributed by atoms with Gasteiger partial charge in [0.2, 0.25) is 0 Å². The summed E-state index contributed by atoms with van der Waals surface area (Å²) in [5.41, 5.74) is 1.14. The van der Waals surface area contributed by atoms with Crippen molar-refractivity contribution < 1.29 is 9.90 Å². The second-order valence-electron chi connectivity index (χ2n) is 3.86. The highest BCUT2D eigenvalue weighted by Gasteiger charge is 2.19. The lowest BCUT2D eigenvalue weighted by atomic mass is 10.1. The molecule has 1 heterocycles. The predicted octanol–water partition coefficient (Wildman–Crippen LogP) is 2.14. The SMILES string of the molecule is O=C(O)C(CCc1ccccc1)n1cccn1. The summed E-state index contributed by atoms with van der Waals surface area (Å²) in [5, 5.41) is 13.1. The number of carboxylic acid groups (broad SMARTS) is 1. The summed E-state index contributed by atoms with van der Waals surface area (Å²) in [6.07, 6.45) is 4.56. The monoisotopic (exact) mass is 230 g/mol. The van der Waals surface area contributed by atoms with E-state index in [2.05, 4.69) is 5.10 Å². The molecule has 88 valence electrons. The molecule has 2 aromatic rings. The van der Waals surface area contributed by atoms with Gasteiger partial charge in [0.05, 0.1) is 0 Å². The average Bonchev–Trinajstić information content (AvgIpc) is 2.84. The maximum atomic E-state index is 11.2. The summed E-state index contributed by atoms with van der Waals surface area (Å²) in [5.74, 6) is -0.843. The lowest BCUT2D eigenvalue weighted by molar-refractivity contribution is -0.141. The van der Waals surface area contributed by atoms with Gasteiger partial charge in [0.1, 0.15) is 6.04 Å². The molecule has 1 atom stereocenters. The number of aryl methyl sites for hydroxylation is 1. The Balaban J connectivity index is 2.03. The topological polar surface area (TPSA) is 55.1 Å². The second-order valence-corrected chi connectivity index (χ2v) is 3.86. The van der Waals surface area contributed by atoms with E-state index in [1.165, 1.54) is 4.68 Å². The molecule has 0 saturated carbocycles. The molecule has 0 aliphatic heterocycles. The lowest BCUT2D eigenvalue weighted by Crippen LogP contribution is -2.20. The molecule has 4 nitrogen and oxygen atoms in total. The Morgan fingerprint density at radius 3 is 2.65 bits per heavy atom. The molecule has 2 rings (SSSR count). The fourth-order valence-electron chi connectivity index (χ4n) is 1.78. The van der Waals surface area contributed by atoms with Gasteiger partial charge in [-0.1, -0.05) is 30.3 Å². The van der Waals surface area contributed by atoms with Crippen LogP contribution in [-0.2, 0) is 11.2 Å². The summed E-state index contributed by atoms with van der Waals surface area (Å²) in [7, 11) is 0. The third-order valence-electron chi connectivity index (χ3n) is 2.68. The van der Waals surface area contributed by atoms with E-state index in [1.54, 1.807) is 18.5 Å². The van der Waals surface area contributed by atoms with Crippen molar-refractivity contribution in [3.63, 3.8) is 0 Å². The molecule has 0 aliphatic rings. The number of carboxylic acids is 1.